The van der Waals surface area contributed by atoms with Crippen molar-refractivity contribution in [2.24, 2.45) is 17.6 Å². The van der Waals surface area contributed by atoms with E-state index in [1.165, 1.54) is 0 Å². The number of fused-ring (bicyclic) bond motifs is 2. The van der Waals surface area contributed by atoms with Crippen molar-refractivity contribution in [2.75, 3.05) is 26.4 Å². The Hall–Kier alpha value is -1.99. The molecule has 4 unspecified atom stereocenters. The monoisotopic (exact) mass is 407 g/mol. The van der Waals surface area contributed by atoms with Gasteiger partial charge < -0.3 is 25.0 Å². The van der Waals surface area contributed by atoms with Crippen LogP contribution >= 0.6 is 12.4 Å². The Bertz CT molecular complexity index is 789. The van der Waals surface area contributed by atoms with Crippen molar-refractivity contribution < 1.29 is 19.1 Å². The van der Waals surface area contributed by atoms with Crippen LogP contribution in [0.2, 0.25) is 0 Å². The lowest BCUT2D eigenvalue weighted by atomic mass is 9.98. The highest BCUT2D eigenvalue weighted by Crippen LogP contribution is 2.38. The first-order valence-corrected chi connectivity index (χ1v) is 9.87. The second kappa shape index (κ2) is 7.44. The highest BCUT2D eigenvalue weighted by Gasteiger charge is 2.45. The third-order valence-electron chi connectivity index (χ3n) is 6.64. The smallest absolute Gasteiger partial charge is 0.254 e. The van der Waals surface area contributed by atoms with E-state index in [0.29, 0.717) is 35.4 Å². The van der Waals surface area contributed by atoms with E-state index in [1.807, 2.05) is 4.90 Å². The maximum Gasteiger partial charge on any atom is 0.254 e. The van der Waals surface area contributed by atoms with Crippen molar-refractivity contribution in [3.05, 3.63) is 23.8 Å². The fraction of sp³-hybridized carbons (Fsp3) is 0.600. The Morgan fingerprint density at radius 1 is 1.07 bits per heavy atom. The van der Waals surface area contributed by atoms with Gasteiger partial charge in [0.1, 0.15) is 6.04 Å². The third kappa shape index (κ3) is 3.10. The molecule has 4 atom stereocenters. The molecular weight excluding hydrogens is 382 g/mol. The number of nitrogens with two attached hydrogens (primary N) is 1. The lowest BCUT2D eigenvalue weighted by molar-refractivity contribution is -0.134. The number of likely N-dealkylation sites (tertiary alicyclic amines) is 2. The van der Waals surface area contributed by atoms with Crippen molar-refractivity contribution in [3.8, 4) is 11.5 Å². The van der Waals surface area contributed by atoms with Crippen LogP contribution in [-0.4, -0.2) is 60.1 Å². The van der Waals surface area contributed by atoms with E-state index >= 15 is 0 Å². The molecule has 2 saturated heterocycles. The van der Waals surface area contributed by atoms with Gasteiger partial charge in [-0.2, -0.15) is 0 Å². The molecule has 2 N–H and O–H groups in total. The Kier molecular flexibility index (Phi) is 5.14. The first kappa shape index (κ1) is 19.3. The zero-order valence-electron chi connectivity index (χ0n) is 15.7. The number of amides is 2. The highest BCUT2D eigenvalue weighted by molar-refractivity contribution is 5.98. The molecule has 3 heterocycles. The molecule has 0 spiro atoms. The topological polar surface area (TPSA) is 85.1 Å². The number of nitrogens with zero attached hydrogens (tertiary/aromatic N) is 2. The number of hydrogen-bond acceptors (Lipinski definition) is 5. The second-order valence-electron chi connectivity index (χ2n) is 8.13. The maximum absolute atomic E-state index is 13.2. The van der Waals surface area contributed by atoms with E-state index in [-0.39, 0.29) is 43.1 Å². The average molecular weight is 408 g/mol. The Labute approximate surface area is 170 Å². The van der Waals surface area contributed by atoms with Crippen molar-refractivity contribution in [1.29, 1.82) is 0 Å². The van der Waals surface area contributed by atoms with Crippen LogP contribution in [0.25, 0.3) is 0 Å². The van der Waals surface area contributed by atoms with Crippen molar-refractivity contribution >= 4 is 24.2 Å². The average Bonchev–Trinajstić information content (AvgIpc) is 3.45. The lowest BCUT2D eigenvalue weighted by Crippen LogP contribution is -2.47. The van der Waals surface area contributed by atoms with E-state index < -0.39 is 0 Å². The molecule has 4 aliphatic rings. The molecule has 2 amide bonds. The molecule has 1 aromatic carbocycles. The molecule has 152 valence electrons. The molecule has 28 heavy (non-hydrogen) atoms. The molecule has 7 nitrogen and oxygen atoms in total. The fourth-order valence-corrected chi connectivity index (χ4v) is 5.16. The second-order valence-corrected chi connectivity index (χ2v) is 8.13. The molecule has 0 radical (unpaired) electrons. The molecule has 1 saturated carbocycles. The number of benzene rings is 1. The van der Waals surface area contributed by atoms with Crippen molar-refractivity contribution in [2.45, 2.75) is 37.8 Å². The van der Waals surface area contributed by atoms with E-state index in [2.05, 4.69) is 0 Å². The highest BCUT2D eigenvalue weighted by atomic mass is 35.5. The van der Waals surface area contributed by atoms with Gasteiger partial charge in [0.2, 0.25) is 12.7 Å². The van der Waals surface area contributed by atoms with Crippen LogP contribution in [-0.2, 0) is 4.79 Å². The number of ether oxygens (including phenoxy) is 2. The van der Waals surface area contributed by atoms with Gasteiger partial charge >= 0.3 is 0 Å². The Morgan fingerprint density at radius 3 is 2.71 bits per heavy atom. The number of hydrogen-bond donors (Lipinski definition) is 1. The van der Waals surface area contributed by atoms with Gasteiger partial charge in [0.25, 0.3) is 5.91 Å². The quantitative estimate of drug-likeness (QED) is 0.805. The van der Waals surface area contributed by atoms with E-state index in [9.17, 15) is 9.59 Å². The summed E-state index contributed by atoms with van der Waals surface area (Å²) in [6, 6.07) is 5.06. The summed E-state index contributed by atoms with van der Waals surface area (Å²) < 4.78 is 10.7. The van der Waals surface area contributed by atoms with Gasteiger partial charge in [0.15, 0.2) is 11.5 Å². The predicted molar refractivity (Wildman–Crippen MR) is 105 cm³/mol. The van der Waals surface area contributed by atoms with E-state index in [0.717, 1.165) is 38.8 Å². The van der Waals surface area contributed by atoms with Crippen LogP contribution in [0.4, 0.5) is 0 Å². The lowest BCUT2D eigenvalue weighted by Gasteiger charge is -2.28. The zero-order chi connectivity index (χ0) is 18.5. The van der Waals surface area contributed by atoms with Gasteiger partial charge in [0, 0.05) is 31.2 Å². The minimum Gasteiger partial charge on any atom is -0.454 e. The van der Waals surface area contributed by atoms with Gasteiger partial charge in [-0.05, 0) is 55.7 Å². The minimum absolute atomic E-state index is 0. The minimum atomic E-state index is -0.363. The van der Waals surface area contributed by atoms with Gasteiger partial charge in [-0.1, -0.05) is 0 Å². The predicted octanol–water partition coefficient (Wildman–Crippen LogP) is 1.64. The standard InChI is InChI=1S/C20H25N3O4.ClH/c21-15-5-3-13-9-22(10-14(13)15)20(25)16-2-1-7-23(16)19(24)12-4-6-17-18(8-12)27-11-26-17;/h4,6,8,13-16H,1-3,5,7,9-11,21H2;1H. The maximum atomic E-state index is 13.2. The normalized spacial score (nSPS) is 30.3. The fourth-order valence-electron chi connectivity index (χ4n) is 5.16. The molecule has 1 aromatic rings. The van der Waals surface area contributed by atoms with E-state index in [4.69, 9.17) is 15.2 Å². The van der Waals surface area contributed by atoms with Gasteiger partial charge in [-0.3, -0.25) is 9.59 Å². The van der Waals surface area contributed by atoms with Gasteiger partial charge in [-0.15, -0.1) is 12.4 Å². The molecule has 5 rings (SSSR count). The summed E-state index contributed by atoms with van der Waals surface area (Å²) in [7, 11) is 0. The van der Waals surface area contributed by atoms with E-state index in [1.54, 1.807) is 23.1 Å². The third-order valence-corrected chi connectivity index (χ3v) is 6.64. The van der Waals surface area contributed by atoms with Crippen molar-refractivity contribution in [1.82, 2.24) is 9.80 Å². The Balaban J connectivity index is 0.00000192. The summed E-state index contributed by atoms with van der Waals surface area (Å²) in [6.07, 6.45) is 3.76. The molecule has 3 aliphatic heterocycles. The summed E-state index contributed by atoms with van der Waals surface area (Å²) in [6.45, 7) is 2.33. The molecule has 8 heteroatoms. The SMILES string of the molecule is Cl.NC1CCC2CN(C(=O)C3CCCN3C(=O)c3ccc4c(c3)OCO4)CC12. The molecule has 0 aromatic heterocycles. The number of rotatable bonds is 2. The van der Waals surface area contributed by atoms with Crippen LogP contribution in [0.1, 0.15) is 36.0 Å². The summed E-state index contributed by atoms with van der Waals surface area (Å²) in [5, 5.41) is 0. The Morgan fingerprint density at radius 2 is 1.89 bits per heavy atom. The summed E-state index contributed by atoms with van der Waals surface area (Å²) in [4.78, 5) is 29.9. The van der Waals surface area contributed by atoms with Crippen LogP contribution in [0.3, 0.4) is 0 Å². The largest absolute Gasteiger partial charge is 0.454 e. The summed E-state index contributed by atoms with van der Waals surface area (Å²) in [5.41, 5.74) is 6.75. The first-order valence-electron chi connectivity index (χ1n) is 9.87. The van der Waals surface area contributed by atoms with Gasteiger partial charge in [-0.25, -0.2) is 0 Å². The molecule has 1 aliphatic carbocycles. The van der Waals surface area contributed by atoms with Crippen LogP contribution in [0.5, 0.6) is 11.5 Å². The molecule has 0 bridgehead atoms. The van der Waals surface area contributed by atoms with Crippen LogP contribution in [0, 0.1) is 11.8 Å². The molecule has 3 fully saturated rings. The summed E-state index contributed by atoms with van der Waals surface area (Å²) >= 11 is 0. The first-order chi connectivity index (χ1) is 13.1. The van der Waals surface area contributed by atoms with Crippen LogP contribution < -0.4 is 15.2 Å². The number of halogens is 1. The van der Waals surface area contributed by atoms with Crippen LogP contribution in [0.15, 0.2) is 18.2 Å². The zero-order valence-corrected chi connectivity index (χ0v) is 16.5. The van der Waals surface area contributed by atoms with Crippen molar-refractivity contribution in [3.63, 3.8) is 0 Å². The number of carbonyl (C=O) groups excluding carboxylic acids is 2. The van der Waals surface area contributed by atoms with Gasteiger partial charge in [0.05, 0.1) is 0 Å². The molecular formula is C20H26ClN3O4. The summed E-state index contributed by atoms with van der Waals surface area (Å²) in [5.74, 6) is 2.17. The number of carbonyl (C=O) groups is 2.